The van der Waals surface area contributed by atoms with Gasteiger partial charge in [-0.3, -0.25) is 4.79 Å². The molecule has 0 bridgehead atoms. The molecule has 0 aliphatic carbocycles. The van der Waals surface area contributed by atoms with Crippen molar-refractivity contribution in [2.45, 2.75) is 44.8 Å². The van der Waals surface area contributed by atoms with Gasteiger partial charge in [-0.05, 0) is 47.2 Å². The van der Waals surface area contributed by atoms with E-state index in [2.05, 4.69) is 29.0 Å². The van der Waals surface area contributed by atoms with Gasteiger partial charge in [-0.25, -0.2) is 9.97 Å². The van der Waals surface area contributed by atoms with E-state index in [0.717, 1.165) is 50.2 Å². The number of likely N-dealkylation sites (tertiary alicyclic amines) is 1. The third-order valence-corrected chi connectivity index (χ3v) is 5.42. The van der Waals surface area contributed by atoms with Crippen LogP contribution in [-0.2, 0) is 4.74 Å². The number of hydrogen-bond acceptors (Lipinski definition) is 5. The van der Waals surface area contributed by atoms with Gasteiger partial charge in [0.25, 0.3) is 5.91 Å². The minimum atomic E-state index is -0.0393. The highest BCUT2D eigenvalue weighted by Crippen LogP contribution is 2.37. The van der Waals surface area contributed by atoms with Gasteiger partial charge in [0.1, 0.15) is 12.0 Å². The Kier molecular flexibility index (Phi) is 4.38. The summed E-state index contributed by atoms with van der Waals surface area (Å²) in [5, 5.41) is 0. The number of likely N-dealkylation sites (N-methyl/N-ethyl adjacent to an activating group) is 1. The first-order valence-electron chi connectivity index (χ1n) is 8.30. The van der Waals surface area contributed by atoms with Crippen LogP contribution in [0.1, 0.15) is 41.0 Å². The Labute approximate surface area is 137 Å². The molecular formula is C17H26N4O2. The second-order valence-corrected chi connectivity index (χ2v) is 7.04. The lowest BCUT2D eigenvalue weighted by molar-refractivity contribution is -0.0393. The fourth-order valence-corrected chi connectivity index (χ4v) is 3.52. The zero-order valence-electron chi connectivity index (χ0n) is 14.5. The molecule has 2 fully saturated rings. The zero-order valence-corrected chi connectivity index (χ0v) is 14.5. The SMILES string of the molecule is Cc1ncnc(C(=O)N2CCC3(CC2)CC(N(C)C)CO3)c1C. The molecule has 0 aromatic carbocycles. The van der Waals surface area contributed by atoms with E-state index in [4.69, 9.17) is 4.74 Å². The van der Waals surface area contributed by atoms with Gasteiger partial charge < -0.3 is 14.5 Å². The Morgan fingerprint density at radius 1 is 1.30 bits per heavy atom. The van der Waals surface area contributed by atoms with E-state index in [-0.39, 0.29) is 11.5 Å². The van der Waals surface area contributed by atoms with Crippen molar-refractivity contribution in [3.63, 3.8) is 0 Å². The van der Waals surface area contributed by atoms with E-state index in [0.29, 0.717) is 11.7 Å². The van der Waals surface area contributed by atoms with E-state index >= 15 is 0 Å². The minimum absolute atomic E-state index is 0.0185. The summed E-state index contributed by atoms with van der Waals surface area (Å²) >= 11 is 0. The molecule has 1 spiro atoms. The second kappa shape index (κ2) is 6.17. The number of rotatable bonds is 2. The maximum absolute atomic E-state index is 12.7. The van der Waals surface area contributed by atoms with Gasteiger partial charge in [0.05, 0.1) is 12.2 Å². The number of nitrogens with zero attached hydrogens (tertiary/aromatic N) is 4. The van der Waals surface area contributed by atoms with Crippen molar-refractivity contribution in [3.05, 3.63) is 23.3 Å². The van der Waals surface area contributed by atoms with E-state index in [1.54, 1.807) is 0 Å². The van der Waals surface area contributed by atoms with Gasteiger partial charge in [-0.2, -0.15) is 0 Å². The average molecular weight is 318 g/mol. The monoisotopic (exact) mass is 318 g/mol. The Morgan fingerprint density at radius 2 is 2.00 bits per heavy atom. The van der Waals surface area contributed by atoms with Gasteiger partial charge in [-0.15, -0.1) is 0 Å². The van der Waals surface area contributed by atoms with Gasteiger partial charge in [0.2, 0.25) is 0 Å². The number of hydrogen-bond donors (Lipinski definition) is 0. The molecule has 6 heteroatoms. The molecule has 1 aromatic heterocycles. The molecule has 2 aliphatic rings. The Morgan fingerprint density at radius 3 is 2.61 bits per heavy atom. The average Bonchev–Trinajstić information content (AvgIpc) is 2.94. The summed E-state index contributed by atoms with van der Waals surface area (Å²) in [4.78, 5) is 25.2. The normalized spacial score (nSPS) is 23.7. The molecule has 23 heavy (non-hydrogen) atoms. The molecule has 6 nitrogen and oxygen atoms in total. The highest BCUT2D eigenvalue weighted by Gasteiger charge is 2.44. The molecule has 0 saturated carbocycles. The lowest BCUT2D eigenvalue weighted by atomic mass is 9.87. The number of aryl methyl sites for hydroxylation is 1. The van der Waals surface area contributed by atoms with Crippen LogP contribution in [0.4, 0.5) is 0 Å². The van der Waals surface area contributed by atoms with Gasteiger partial charge in [0, 0.05) is 30.4 Å². The lowest BCUT2D eigenvalue weighted by Crippen LogP contribution is -2.47. The maximum atomic E-state index is 12.7. The van der Waals surface area contributed by atoms with Crippen molar-refractivity contribution in [1.82, 2.24) is 19.8 Å². The Balaban J connectivity index is 1.65. The summed E-state index contributed by atoms with van der Waals surface area (Å²) in [6.07, 6.45) is 4.36. The van der Waals surface area contributed by atoms with Gasteiger partial charge in [-0.1, -0.05) is 0 Å². The van der Waals surface area contributed by atoms with Crippen LogP contribution in [-0.4, -0.2) is 71.1 Å². The molecule has 1 aromatic rings. The van der Waals surface area contributed by atoms with Crippen molar-refractivity contribution in [1.29, 1.82) is 0 Å². The topological polar surface area (TPSA) is 58.6 Å². The highest BCUT2D eigenvalue weighted by atomic mass is 16.5. The fraction of sp³-hybridized carbons (Fsp3) is 0.706. The number of aromatic nitrogens is 2. The van der Waals surface area contributed by atoms with Crippen LogP contribution in [0.5, 0.6) is 0 Å². The molecule has 3 heterocycles. The summed E-state index contributed by atoms with van der Waals surface area (Å²) in [5.41, 5.74) is 2.24. The van der Waals surface area contributed by atoms with E-state index in [1.807, 2.05) is 18.7 Å². The first-order valence-corrected chi connectivity index (χ1v) is 8.30. The minimum Gasteiger partial charge on any atom is -0.373 e. The molecule has 2 aliphatic heterocycles. The highest BCUT2D eigenvalue weighted by molar-refractivity contribution is 5.93. The Hall–Kier alpha value is -1.53. The standard InChI is InChI=1S/C17H26N4O2/c1-12-13(2)18-11-19-15(12)16(22)21-7-5-17(6-8-21)9-14(10-23-17)20(3)4/h11,14H,5-10H2,1-4H3. The van der Waals surface area contributed by atoms with Crippen LogP contribution < -0.4 is 0 Å². The van der Waals surface area contributed by atoms with Crippen molar-refractivity contribution < 1.29 is 9.53 Å². The maximum Gasteiger partial charge on any atom is 0.272 e. The molecular weight excluding hydrogens is 292 g/mol. The fourth-order valence-electron chi connectivity index (χ4n) is 3.52. The van der Waals surface area contributed by atoms with E-state index < -0.39 is 0 Å². The third-order valence-electron chi connectivity index (χ3n) is 5.42. The van der Waals surface area contributed by atoms with Crippen LogP contribution in [0.25, 0.3) is 0 Å². The first-order chi connectivity index (χ1) is 10.9. The van der Waals surface area contributed by atoms with Crippen LogP contribution in [0.3, 0.4) is 0 Å². The summed E-state index contributed by atoms with van der Waals surface area (Å²) in [6, 6.07) is 0.490. The summed E-state index contributed by atoms with van der Waals surface area (Å²) in [6.45, 7) is 6.09. The van der Waals surface area contributed by atoms with Crippen LogP contribution in [0.15, 0.2) is 6.33 Å². The van der Waals surface area contributed by atoms with Gasteiger partial charge in [0.15, 0.2) is 0 Å². The van der Waals surface area contributed by atoms with E-state index in [9.17, 15) is 4.79 Å². The zero-order chi connectivity index (χ0) is 16.6. The van der Waals surface area contributed by atoms with Crippen LogP contribution in [0.2, 0.25) is 0 Å². The molecule has 1 atom stereocenters. The summed E-state index contributed by atoms with van der Waals surface area (Å²) in [7, 11) is 4.21. The van der Waals surface area contributed by atoms with E-state index in [1.165, 1.54) is 6.33 Å². The van der Waals surface area contributed by atoms with Crippen molar-refractivity contribution in [3.8, 4) is 0 Å². The predicted octanol–water partition coefficient (Wildman–Crippen LogP) is 1.42. The molecule has 1 amide bonds. The molecule has 126 valence electrons. The summed E-state index contributed by atoms with van der Waals surface area (Å²) < 4.78 is 6.13. The molecule has 1 unspecified atom stereocenters. The molecule has 2 saturated heterocycles. The number of ether oxygens (including phenoxy) is 1. The predicted molar refractivity (Wildman–Crippen MR) is 87.4 cm³/mol. The number of piperidine rings is 1. The van der Waals surface area contributed by atoms with Crippen LogP contribution >= 0.6 is 0 Å². The second-order valence-electron chi connectivity index (χ2n) is 7.04. The smallest absolute Gasteiger partial charge is 0.272 e. The molecule has 3 rings (SSSR count). The van der Waals surface area contributed by atoms with Crippen LogP contribution in [0, 0.1) is 13.8 Å². The third kappa shape index (κ3) is 3.10. The Bertz CT molecular complexity index is 594. The van der Waals surface area contributed by atoms with Crippen molar-refractivity contribution in [2.24, 2.45) is 0 Å². The first kappa shape index (κ1) is 16.3. The van der Waals surface area contributed by atoms with Gasteiger partial charge >= 0.3 is 0 Å². The molecule has 0 radical (unpaired) electrons. The molecule has 0 N–H and O–H groups in total. The lowest BCUT2D eigenvalue weighted by Gasteiger charge is -2.38. The number of amides is 1. The number of carbonyl (C=O) groups is 1. The number of carbonyl (C=O) groups excluding carboxylic acids is 1. The van der Waals surface area contributed by atoms with Crippen molar-refractivity contribution >= 4 is 5.91 Å². The largest absolute Gasteiger partial charge is 0.373 e. The summed E-state index contributed by atoms with van der Waals surface area (Å²) in [5.74, 6) is 0.0185. The van der Waals surface area contributed by atoms with Crippen molar-refractivity contribution in [2.75, 3.05) is 33.8 Å². The quantitative estimate of drug-likeness (QED) is 0.825.